The van der Waals surface area contributed by atoms with Crippen LogP contribution in [0, 0.1) is 6.92 Å². The molecule has 3 heteroatoms. The van der Waals surface area contributed by atoms with Crippen LogP contribution in [0.3, 0.4) is 0 Å². The van der Waals surface area contributed by atoms with Gasteiger partial charge in [0.25, 0.3) is 0 Å². The highest BCUT2D eigenvalue weighted by Gasteiger charge is 2.43. The van der Waals surface area contributed by atoms with Crippen molar-refractivity contribution in [3.05, 3.63) is 156 Å². The second kappa shape index (κ2) is 9.64. The standard InChI is InChI=1S/C40H32N2O/c1-27-13-10-21-35-38(27)42-34-20-11-18-32(37(34)40(2,3)33-19-12-22-36(43-35)39(33)42)28-23-25-31(26-24-28)41(29-14-6-4-7-15-29)30-16-8-5-9-17-30/h4-26H,1-3H3. The van der Waals surface area contributed by atoms with Gasteiger partial charge in [-0.05, 0) is 89.3 Å². The third kappa shape index (κ3) is 3.89. The molecule has 0 aromatic heterocycles. The van der Waals surface area contributed by atoms with E-state index in [1.54, 1.807) is 0 Å². The van der Waals surface area contributed by atoms with Gasteiger partial charge in [-0.2, -0.15) is 0 Å². The lowest BCUT2D eigenvalue weighted by atomic mass is 9.70. The second-order valence-corrected chi connectivity index (χ2v) is 11.9. The highest BCUT2D eigenvalue weighted by atomic mass is 16.5. The number of rotatable bonds is 4. The first-order valence-corrected chi connectivity index (χ1v) is 14.9. The summed E-state index contributed by atoms with van der Waals surface area (Å²) >= 11 is 0. The van der Waals surface area contributed by atoms with Crippen molar-refractivity contribution in [3.8, 4) is 22.6 Å². The van der Waals surface area contributed by atoms with Gasteiger partial charge in [-0.25, -0.2) is 0 Å². The number of fused-ring (bicyclic) bond motifs is 4. The largest absolute Gasteiger partial charge is 0.453 e. The summed E-state index contributed by atoms with van der Waals surface area (Å²) in [7, 11) is 0. The van der Waals surface area contributed by atoms with E-state index in [-0.39, 0.29) is 5.41 Å². The van der Waals surface area contributed by atoms with Gasteiger partial charge in [0, 0.05) is 22.5 Å². The van der Waals surface area contributed by atoms with E-state index in [9.17, 15) is 0 Å². The van der Waals surface area contributed by atoms with Crippen molar-refractivity contribution in [2.75, 3.05) is 9.80 Å². The lowest BCUT2D eigenvalue weighted by Gasteiger charge is -2.46. The molecular formula is C40H32N2O. The zero-order valence-electron chi connectivity index (χ0n) is 24.6. The van der Waals surface area contributed by atoms with Crippen LogP contribution in [0.4, 0.5) is 34.1 Å². The van der Waals surface area contributed by atoms with E-state index in [2.05, 4.69) is 170 Å². The molecule has 0 N–H and O–H groups in total. The second-order valence-electron chi connectivity index (χ2n) is 11.9. The molecule has 0 atom stereocenters. The molecule has 0 spiro atoms. The number of aryl methyl sites for hydroxylation is 1. The fourth-order valence-electron chi connectivity index (χ4n) is 6.96. The van der Waals surface area contributed by atoms with E-state index < -0.39 is 0 Å². The third-order valence-corrected chi connectivity index (χ3v) is 8.91. The lowest BCUT2D eigenvalue weighted by Crippen LogP contribution is -2.33. The molecule has 43 heavy (non-hydrogen) atoms. The van der Waals surface area contributed by atoms with Crippen LogP contribution in [0.1, 0.15) is 30.5 Å². The first-order chi connectivity index (χ1) is 21.0. The Morgan fingerprint density at radius 1 is 0.558 bits per heavy atom. The maximum atomic E-state index is 6.49. The van der Waals surface area contributed by atoms with E-state index >= 15 is 0 Å². The molecule has 0 unspecified atom stereocenters. The summed E-state index contributed by atoms with van der Waals surface area (Å²) in [4.78, 5) is 4.74. The Hall–Kier alpha value is -5.28. The number of anilines is 6. The first-order valence-electron chi connectivity index (χ1n) is 14.9. The van der Waals surface area contributed by atoms with Crippen LogP contribution >= 0.6 is 0 Å². The molecule has 2 aliphatic heterocycles. The Balaban J connectivity index is 1.29. The van der Waals surface area contributed by atoms with Crippen molar-refractivity contribution in [2.24, 2.45) is 0 Å². The number of hydrogen-bond donors (Lipinski definition) is 0. The fraction of sp³-hybridized carbons (Fsp3) is 0.100. The normalized spacial score (nSPS) is 13.8. The molecule has 6 aromatic carbocycles. The molecule has 208 valence electrons. The summed E-state index contributed by atoms with van der Waals surface area (Å²) in [5.74, 6) is 1.80. The average Bonchev–Trinajstić information content (AvgIpc) is 3.04. The van der Waals surface area contributed by atoms with Gasteiger partial charge in [-0.15, -0.1) is 0 Å². The van der Waals surface area contributed by atoms with E-state index in [0.717, 1.165) is 39.9 Å². The van der Waals surface area contributed by atoms with Crippen LogP contribution in [0.2, 0.25) is 0 Å². The Bertz CT molecular complexity index is 1940. The molecule has 3 nitrogen and oxygen atoms in total. The maximum absolute atomic E-state index is 6.49. The van der Waals surface area contributed by atoms with Gasteiger partial charge < -0.3 is 14.5 Å². The quantitative estimate of drug-likeness (QED) is 0.214. The molecule has 6 aromatic rings. The molecule has 0 saturated heterocycles. The lowest BCUT2D eigenvalue weighted by molar-refractivity contribution is 0.471. The van der Waals surface area contributed by atoms with Crippen LogP contribution in [-0.4, -0.2) is 0 Å². The van der Waals surface area contributed by atoms with Gasteiger partial charge in [0.15, 0.2) is 11.5 Å². The Morgan fingerprint density at radius 2 is 1.14 bits per heavy atom. The SMILES string of the molecule is Cc1cccc2c1N1c3cccc(-c4ccc(N(c5ccccc5)c5ccccc5)cc4)c3C(C)(C)c3cccc(c31)O2. The molecule has 0 aliphatic carbocycles. The van der Waals surface area contributed by atoms with Crippen molar-refractivity contribution in [3.63, 3.8) is 0 Å². The van der Waals surface area contributed by atoms with Gasteiger partial charge in [-0.1, -0.05) is 98.8 Å². The highest BCUT2D eigenvalue weighted by molar-refractivity contribution is 5.96. The van der Waals surface area contributed by atoms with E-state index in [0.29, 0.717) is 0 Å². The third-order valence-electron chi connectivity index (χ3n) is 8.91. The number of ether oxygens (including phenoxy) is 1. The zero-order chi connectivity index (χ0) is 29.1. The van der Waals surface area contributed by atoms with Gasteiger partial charge >= 0.3 is 0 Å². The molecule has 8 rings (SSSR count). The number of nitrogens with zero attached hydrogens (tertiary/aromatic N) is 2. The van der Waals surface area contributed by atoms with Gasteiger partial charge in [-0.3, -0.25) is 0 Å². The Labute approximate surface area is 253 Å². The molecule has 2 aliphatic rings. The minimum atomic E-state index is -0.240. The van der Waals surface area contributed by atoms with Crippen molar-refractivity contribution < 1.29 is 4.74 Å². The van der Waals surface area contributed by atoms with Crippen LogP contribution in [0.25, 0.3) is 11.1 Å². The summed E-state index contributed by atoms with van der Waals surface area (Å²) in [5.41, 5.74) is 12.9. The van der Waals surface area contributed by atoms with Gasteiger partial charge in [0.05, 0.1) is 17.1 Å². The highest BCUT2D eigenvalue weighted by Crippen LogP contribution is 2.61. The molecule has 2 heterocycles. The molecule has 0 saturated carbocycles. The minimum absolute atomic E-state index is 0.240. The van der Waals surface area contributed by atoms with Crippen LogP contribution in [0.5, 0.6) is 11.5 Å². The summed E-state index contributed by atoms with van der Waals surface area (Å²) in [5, 5.41) is 0. The van der Waals surface area contributed by atoms with Gasteiger partial charge in [0.2, 0.25) is 0 Å². The number of benzene rings is 6. The number of para-hydroxylation sites is 4. The Kier molecular flexibility index (Phi) is 5.70. The van der Waals surface area contributed by atoms with E-state index in [1.807, 2.05) is 0 Å². The van der Waals surface area contributed by atoms with Crippen molar-refractivity contribution in [1.29, 1.82) is 0 Å². The van der Waals surface area contributed by atoms with Crippen LogP contribution < -0.4 is 14.5 Å². The monoisotopic (exact) mass is 556 g/mol. The number of hydrogen-bond acceptors (Lipinski definition) is 3. The molecule has 0 bridgehead atoms. The maximum Gasteiger partial charge on any atom is 0.151 e. The molecule has 0 radical (unpaired) electrons. The predicted octanol–water partition coefficient (Wildman–Crippen LogP) is 11.3. The molecule has 0 amide bonds. The summed E-state index contributed by atoms with van der Waals surface area (Å²) in [6, 6.07) is 49.7. The zero-order valence-corrected chi connectivity index (χ0v) is 24.6. The first kappa shape index (κ1) is 25.4. The predicted molar refractivity (Wildman–Crippen MR) is 178 cm³/mol. The minimum Gasteiger partial charge on any atom is -0.453 e. The van der Waals surface area contributed by atoms with E-state index in [1.165, 1.54) is 33.5 Å². The molecule has 0 fully saturated rings. The van der Waals surface area contributed by atoms with E-state index in [4.69, 9.17) is 4.74 Å². The topological polar surface area (TPSA) is 15.7 Å². The summed E-state index contributed by atoms with van der Waals surface area (Å²) in [6.07, 6.45) is 0. The van der Waals surface area contributed by atoms with Gasteiger partial charge in [0.1, 0.15) is 0 Å². The summed E-state index contributed by atoms with van der Waals surface area (Å²) in [6.45, 7) is 6.86. The fourth-order valence-corrected chi connectivity index (χ4v) is 6.96. The average molecular weight is 557 g/mol. The Morgan fingerprint density at radius 3 is 1.81 bits per heavy atom. The van der Waals surface area contributed by atoms with Crippen LogP contribution in [0.15, 0.2) is 140 Å². The summed E-state index contributed by atoms with van der Waals surface area (Å²) < 4.78 is 6.49. The van der Waals surface area contributed by atoms with Crippen LogP contribution in [-0.2, 0) is 5.41 Å². The van der Waals surface area contributed by atoms with Crippen molar-refractivity contribution in [2.45, 2.75) is 26.2 Å². The van der Waals surface area contributed by atoms with Crippen molar-refractivity contribution >= 4 is 34.1 Å². The van der Waals surface area contributed by atoms with Crippen molar-refractivity contribution in [1.82, 2.24) is 0 Å². The smallest absolute Gasteiger partial charge is 0.151 e. The molecular weight excluding hydrogens is 524 g/mol.